The number of carboxylic acids is 2. The van der Waals surface area contributed by atoms with E-state index in [1.807, 2.05) is 0 Å². The summed E-state index contributed by atoms with van der Waals surface area (Å²) in [6.07, 6.45) is 2.00. The maximum Gasteiger partial charge on any atom is 0.306 e. The molecule has 1 amide bonds. The zero-order valence-electron chi connectivity index (χ0n) is 9.96. The van der Waals surface area contributed by atoms with Crippen LogP contribution in [0.1, 0.15) is 32.1 Å². The number of hydrogen-bond acceptors (Lipinski definition) is 4. The lowest BCUT2D eigenvalue weighted by Crippen LogP contribution is -2.48. The summed E-state index contributed by atoms with van der Waals surface area (Å²) < 4.78 is 0. The Morgan fingerprint density at radius 1 is 1.28 bits per heavy atom. The molecule has 7 nitrogen and oxygen atoms in total. The number of hydrogen-bond donors (Lipinski definition) is 4. The van der Waals surface area contributed by atoms with Crippen molar-refractivity contribution in [2.24, 2.45) is 11.7 Å². The molecule has 0 aromatic carbocycles. The van der Waals surface area contributed by atoms with Crippen LogP contribution in [0.25, 0.3) is 0 Å². The fourth-order valence-corrected chi connectivity index (χ4v) is 2.13. The van der Waals surface area contributed by atoms with Crippen molar-refractivity contribution in [3.05, 3.63) is 0 Å². The summed E-state index contributed by atoms with van der Waals surface area (Å²) in [6.45, 7) is 0. The summed E-state index contributed by atoms with van der Waals surface area (Å²) in [5.41, 5.74) is 5.42. The molecular formula is C11H18N2O5. The van der Waals surface area contributed by atoms with Crippen LogP contribution < -0.4 is 11.1 Å². The third-order valence-corrected chi connectivity index (χ3v) is 3.10. The Morgan fingerprint density at radius 2 is 1.94 bits per heavy atom. The standard InChI is InChI=1S/C11H18N2O5/c12-8(5-9(14)15)10(16)13-7-3-1-2-6(4-7)11(17)18/h6-8H,1-5,12H2,(H,13,16)(H,14,15)(H,17,18). The van der Waals surface area contributed by atoms with E-state index in [-0.39, 0.29) is 6.04 Å². The van der Waals surface area contributed by atoms with Gasteiger partial charge in [0.25, 0.3) is 0 Å². The molecule has 0 aliphatic heterocycles. The fourth-order valence-electron chi connectivity index (χ4n) is 2.13. The number of rotatable bonds is 5. The zero-order valence-corrected chi connectivity index (χ0v) is 9.96. The molecule has 0 bridgehead atoms. The molecule has 102 valence electrons. The van der Waals surface area contributed by atoms with Crippen LogP contribution in [-0.4, -0.2) is 40.1 Å². The van der Waals surface area contributed by atoms with Crippen LogP contribution in [0.4, 0.5) is 0 Å². The van der Waals surface area contributed by atoms with Gasteiger partial charge in [-0.2, -0.15) is 0 Å². The van der Waals surface area contributed by atoms with Gasteiger partial charge in [0.1, 0.15) is 0 Å². The molecule has 1 saturated carbocycles. The van der Waals surface area contributed by atoms with Crippen LogP contribution in [0.5, 0.6) is 0 Å². The van der Waals surface area contributed by atoms with Crippen molar-refractivity contribution >= 4 is 17.8 Å². The Hall–Kier alpha value is -1.63. The van der Waals surface area contributed by atoms with E-state index in [1.54, 1.807) is 0 Å². The molecule has 18 heavy (non-hydrogen) atoms. The Morgan fingerprint density at radius 3 is 2.50 bits per heavy atom. The summed E-state index contributed by atoms with van der Waals surface area (Å²) in [7, 11) is 0. The lowest BCUT2D eigenvalue weighted by Gasteiger charge is -2.28. The highest BCUT2D eigenvalue weighted by Gasteiger charge is 2.29. The van der Waals surface area contributed by atoms with Gasteiger partial charge in [-0.3, -0.25) is 14.4 Å². The molecule has 1 fully saturated rings. The molecule has 3 unspecified atom stereocenters. The van der Waals surface area contributed by atoms with Gasteiger partial charge in [0.2, 0.25) is 5.91 Å². The van der Waals surface area contributed by atoms with E-state index in [0.29, 0.717) is 19.3 Å². The lowest BCUT2D eigenvalue weighted by molar-refractivity contribution is -0.143. The fraction of sp³-hybridized carbons (Fsp3) is 0.727. The minimum Gasteiger partial charge on any atom is -0.481 e. The van der Waals surface area contributed by atoms with E-state index in [0.717, 1.165) is 6.42 Å². The molecule has 0 aromatic rings. The summed E-state index contributed by atoms with van der Waals surface area (Å²) in [4.78, 5) is 32.8. The number of carbonyl (C=O) groups is 3. The number of carbonyl (C=O) groups excluding carboxylic acids is 1. The average molecular weight is 258 g/mol. The lowest BCUT2D eigenvalue weighted by atomic mass is 9.85. The third-order valence-electron chi connectivity index (χ3n) is 3.10. The van der Waals surface area contributed by atoms with E-state index in [4.69, 9.17) is 15.9 Å². The number of nitrogens with one attached hydrogen (secondary N) is 1. The van der Waals surface area contributed by atoms with Crippen LogP contribution in [0, 0.1) is 5.92 Å². The van der Waals surface area contributed by atoms with Gasteiger partial charge in [-0.25, -0.2) is 0 Å². The molecule has 0 radical (unpaired) electrons. The Labute approximate surface area is 104 Å². The predicted octanol–water partition coefficient (Wildman–Crippen LogP) is -0.452. The predicted molar refractivity (Wildman–Crippen MR) is 61.8 cm³/mol. The van der Waals surface area contributed by atoms with E-state index < -0.39 is 36.2 Å². The van der Waals surface area contributed by atoms with E-state index in [2.05, 4.69) is 5.32 Å². The SMILES string of the molecule is NC(CC(=O)O)C(=O)NC1CCCC(C(=O)O)C1. The number of aliphatic carboxylic acids is 2. The quantitative estimate of drug-likeness (QED) is 0.528. The van der Waals surface area contributed by atoms with Gasteiger partial charge in [-0.05, 0) is 19.3 Å². The Bertz CT molecular complexity index is 344. The first kappa shape index (κ1) is 14.4. The first-order chi connectivity index (χ1) is 8.40. The molecule has 1 aliphatic carbocycles. The van der Waals surface area contributed by atoms with Gasteiger partial charge < -0.3 is 21.3 Å². The van der Waals surface area contributed by atoms with Crippen LogP contribution in [0.2, 0.25) is 0 Å². The van der Waals surface area contributed by atoms with E-state index in [1.165, 1.54) is 0 Å². The second-order valence-electron chi connectivity index (χ2n) is 4.61. The van der Waals surface area contributed by atoms with Crippen molar-refractivity contribution in [2.75, 3.05) is 0 Å². The van der Waals surface area contributed by atoms with Crippen LogP contribution in [-0.2, 0) is 14.4 Å². The summed E-state index contributed by atoms with van der Waals surface area (Å²) >= 11 is 0. The van der Waals surface area contributed by atoms with Gasteiger partial charge >= 0.3 is 11.9 Å². The summed E-state index contributed by atoms with van der Waals surface area (Å²) in [5.74, 6) is -2.97. The largest absolute Gasteiger partial charge is 0.481 e. The zero-order chi connectivity index (χ0) is 13.7. The molecule has 5 N–H and O–H groups in total. The third kappa shape index (κ3) is 4.33. The number of nitrogens with two attached hydrogens (primary N) is 1. The van der Waals surface area contributed by atoms with Crippen LogP contribution >= 0.6 is 0 Å². The molecule has 0 heterocycles. The second-order valence-corrected chi connectivity index (χ2v) is 4.61. The van der Waals surface area contributed by atoms with Crippen molar-refractivity contribution in [1.82, 2.24) is 5.32 Å². The highest BCUT2D eigenvalue weighted by Crippen LogP contribution is 2.24. The van der Waals surface area contributed by atoms with Gasteiger partial charge in [-0.1, -0.05) is 6.42 Å². The Kier molecular flexibility index (Phi) is 5.08. The van der Waals surface area contributed by atoms with E-state index in [9.17, 15) is 14.4 Å². The molecule has 0 spiro atoms. The van der Waals surface area contributed by atoms with Gasteiger partial charge in [-0.15, -0.1) is 0 Å². The van der Waals surface area contributed by atoms with Crippen molar-refractivity contribution < 1.29 is 24.6 Å². The van der Waals surface area contributed by atoms with Crippen LogP contribution in [0.15, 0.2) is 0 Å². The second kappa shape index (κ2) is 6.34. The van der Waals surface area contributed by atoms with Crippen molar-refractivity contribution in [3.63, 3.8) is 0 Å². The van der Waals surface area contributed by atoms with Crippen molar-refractivity contribution in [2.45, 2.75) is 44.2 Å². The van der Waals surface area contributed by atoms with Crippen molar-refractivity contribution in [3.8, 4) is 0 Å². The monoisotopic (exact) mass is 258 g/mol. The topological polar surface area (TPSA) is 130 Å². The molecular weight excluding hydrogens is 240 g/mol. The van der Waals surface area contributed by atoms with Gasteiger partial charge in [0, 0.05) is 6.04 Å². The summed E-state index contributed by atoms with van der Waals surface area (Å²) in [5, 5.41) is 20.0. The highest BCUT2D eigenvalue weighted by atomic mass is 16.4. The molecule has 1 aliphatic rings. The summed E-state index contributed by atoms with van der Waals surface area (Å²) in [6, 6.07) is -1.32. The molecule has 0 saturated heterocycles. The van der Waals surface area contributed by atoms with E-state index >= 15 is 0 Å². The van der Waals surface area contributed by atoms with Gasteiger partial charge in [0.05, 0.1) is 18.4 Å². The molecule has 0 aromatic heterocycles. The normalized spacial score (nSPS) is 25.2. The number of amides is 1. The first-order valence-corrected chi connectivity index (χ1v) is 5.90. The molecule has 1 rings (SSSR count). The van der Waals surface area contributed by atoms with Gasteiger partial charge in [0.15, 0.2) is 0 Å². The number of carboxylic acid groups (broad SMARTS) is 2. The minimum absolute atomic E-state index is 0.229. The minimum atomic E-state index is -1.13. The molecule has 7 heteroatoms. The highest BCUT2D eigenvalue weighted by molar-refractivity contribution is 5.86. The molecule has 3 atom stereocenters. The van der Waals surface area contributed by atoms with Crippen LogP contribution in [0.3, 0.4) is 0 Å². The Balaban J connectivity index is 2.44. The maximum atomic E-state index is 11.6. The first-order valence-electron chi connectivity index (χ1n) is 5.90. The van der Waals surface area contributed by atoms with Crippen molar-refractivity contribution in [1.29, 1.82) is 0 Å². The maximum absolute atomic E-state index is 11.6. The average Bonchev–Trinajstić information content (AvgIpc) is 2.28. The smallest absolute Gasteiger partial charge is 0.306 e.